The van der Waals surface area contributed by atoms with Gasteiger partial charge in [0, 0.05) is 11.4 Å². The molecule has 0 aromatic heterocycles. The largest absolute Gasteiger partial charge is 0.392 e. The first-order valence-corrected chi connectivity index (χ1v) is 7.06. The Labute approximate surface area is 113 Å². The lowest BCUT2D eigenvalue weighted by molar-refractivity contribution is 0.0760. The van der Waals surface area contributed by atoms with E-state index in [9.17, 15) is 9.50 Å². The van der Waals surface area contributed by atoms with Gasteiger partial charge >= 0.3 is 0 Å². The Morgan fingerprint density at radius 2 is 2.00 bits per heavy atom. The Morgan fingerprint density at radius 1 is 1.33 bits per heavy atom. The quantitative estimate of drug-likeness (QED) is 0.872. The first kappa shape index (κ1) is 13.8. The highest BCUT2D eigenvalue weighted by molar-refractivity contribution is 6.31. The molecule has 1 fully saturated rings. The Balaban J connectivity index is 1.98. The fourth-order valence-corrected chi connectivity index (χ4v) is 2.96. The average molecular weight is 271 g/mol. The highest BCUT2D eigenvalue weighted by Gasteiger charge is 2.25. The summed E-state index contributed by atoms with van der Waals surface area (Å²) in [5.74, 6) is 0.811. The van der Waals surface area contributed by atoms with E-state index >= 15 is 0 Å². The minimum Gasteiger partial charge on any atom is -0.392 e. The van der Waals surface area contributed by atoms with Gasteiger partial charge in [-0.1, -0.05) is 31.4 Å². The molecule has 1 nitrogen and oxygen atoms in total. The van der Waals surface area contributed by atoms with Gasteiger partial charge in [-0.05, 0) is 48.4 Å². The molecule has 0 spiro atoms. The summed E-state index contributed by atoms with van der Waals surface area (Å²) in [6.07, 6.45) is 4.54. The van der Waals surface area contributed by atoms with Crippen molar-refractivity contribution in [2.24, 2.45) is 11.8 Å². The van der Waals surface area contributed by atoms with Crippen molar-refractivity contribution in [3.8, 4) is 0 Å². The minimum atomic E-state index is -0.406. The molecule has 0 saturated heterocycles. The Kier molecular flexibility index (Phi) is 4.63. The molecule has 18 heavy (non-hydrogen) atoms. The van der Waals surface area contributed by atoms with E-state index in [0.29, 0.717) is 22.9 Å². The molecule has 1 unspecified atom stereocenters. The van der Waals surface area contributed by atoms with Crippen molar-refractivity contribution in [2.45, 2.75) is 45.1 Å². The van der Waals surface area contributed by atoms with E-state index in [-0.39, 0.29) is 5.82 Å². The second-order valence-corrected chi connectivity index (χ2v) is 5.93. The van der Waals surface area contributed by atoms with Crippen molar-refractivity contribution in [3.05, 3.63) is 34.6 Å². The lowest BCUT2D eigenvalue weighted by Crippen LogP contribution is -2.27. The highest BCUT2D eigenvalue weighted by atomic mass is 35.5. The molecule has 1 aliphatic rings. The fraction of sp³-hybridized carbons (Fsp3) is 0.600. The molecule has 100 valence electrons. The molecular weight excluding hydrogens is 251 g/mol. The van der Waals surface area contributed by atoms with E-state index in [0.717, 1.165) is 18.8 Å². The van der Waals surface area contributed by atoms with E-state index in [2.05, 4.69) is 6.92 Å². The third kappa shape index (κ3) is 3.46. The van der Waals surface area contributed by atoms with Gasteiger partial charge < -0.3 is 5.11 Å². The van der Waals surface area contributed by atoms with Crippen LogP contribution in [0, 0.1) is 17.7 Å². The number of aliphatic hydroxyl groups excluding tert-OH is 1. The van der Waals surface area contributed by atoms with Crippen LogP contribution in [0.15, 0.2) is 18.2 Å². The second-order valence-electron chi connectivity index (χ2n) is 5.53. The minimum absolute atomic E-state index is 0.293. The molecule has 0 aliphatic heterocycles. The molecule has 1 aliphatic carbocycles. The maximum absolute atomic E-state index is 13.2. The molecule has 1 aromatic rings. The lowest BCUT2D eigenvalue weighted by atomic mass is 9.79. The summed E-state index contributed by atoms with van der Waals surface area (Å²) in [7, 11) is 0. The van der Waals surface area contributed by atoms with Crippen LogP contribution in [0.1, 0.15) is 38.2 Å². The SMILES string of the molecule is CC1CCC(C(O)Cc2cc(F)ccc2Cl)CC1. The zero-order chi connectivity index (χ0) is 13.1. The van der Waals surface area contributed by atoms with Crippen LogP contribution in [-0.4, -0.2) is 11.2 Å². The highest BCUT2D eigenvalue weighted by Crippen LogP contribution is 2.32. The van der Waals surface area contributed by atoms with Crippen LogP contribution >= 0.6 is 11.6 Å². The second kappa shape index (κ2) is 6.03. The van der Waals surface area contributed by atoms with Crippen LogP contribution in [0.2, 0.25) is 5.02 Å². The molecule has 1 N–H and O–H groups in total. The number of benzene rings is 1. The third-order valence-electron chi connectivity index (χ3n) is 4.04. The molecular formula is C15H20ClFO. The smallest absolute Gasteiger partial charge is 0.123 e. The van der Waals surface area contributed by atoms with Crippen molar-refractivity contribution < 1.29 is 9.50 Å². The van der Waals surface area contributed by atoms with Crippen LogP contribution in [-0.2, 0) is 6.42 Å². The van der Waals surface area contributed by atoms with Gasteiger partial charge in [-0.2, -0.15) is 0 Å². The van der Waals surface area contributed by atoms with Gasteiger partial charge in [-0.3, -0.25) is 0 Å². The molecule has 1 saturated carbocycles. The summed E-state index contributed by atoms with van der Waals surface area (Å²) in [4.78, 5) is 0. The standard InChI is InChI=1S/C15H20ClFO/c1-10-2-4-11(5-3-10)15(18)9-12-8-13(17)6-7-14(12)16/h6-8,10-11,15,18H,2-5,9H2,1H3. The molecule has 1 aromatic carbocycles. The molecule has 0 heterocycles. The lowest BCUT2D eigenvalue weighted by Gasteiger charge is -2.30. The van der Waals surface area contributed by atoms with E-state index in [1.807, 2.05) is 0 Å². The van der Waals surface area contributed by atoms with E-state index < -0.39 is 6.10 Å². The van der Waals surface area contributed by atoms with Gasteiger partial charge in [0.05, 0.1) is 6.10 Å². The summed E-state index contributed by atoms with van der Waals surface area (Å²) in [6, 6.07) is 4.33. The van der Waals surface area contributed by atoms with Crippen molar-refractivity contribution in [2.75, 3.05) is 0 Å². The van der Waals surface area contributed by atoms with Crippen LogP contribution in [0.4, 0.5) is 4.39 Å². The van der Waals surface area contributed by atoms with Gasteiger partial charge in [-0.25, -0.2) is 4.39 Å². The first-order chi connectivity index (χ1) is 8.56. The maximum Gasteiger partial charge on any atom is 0.123 e. The monoisotopic (exact) mass is 270 g/mol. The Morgan fingerprint density at radius 3 is 2.67 bits per heavy atom. The van der Waals surface area contributed by atoms with Crippen LogP contribution < -0.4 is 0 Å². The van der Waals surface area contributed by atoms with Gasteiger partial charge in [0.1, 0.15) is 5.82 Å². The molecule has 0 radical (unpaired) electrons. The maximum atomic E-state index is 13.2. The Hall–Kier alpha value is -0.600. The topological polar surface area (TPSA) is 20.2 Å². The van der Waals surface area contributed by atoms with E-state index in [1.165, 1.54) is 25.0 Å². The third-order valence-corrected chi connectivity index (χ3v) is 4.41. The normalized spacial score (nSPS) is 26.0. The summed E-state index contributed by atoms with van der Waals surface area (Å²) >= 11 is 6.02. The van der Waals surface area contributed by atoms with Gasteiger partial charge in [-0.15, -0.1) is 0 Å². The van der Waals surface area contributed by atoms with E-state index in [4.69, 9.17) is 11.6 Å². The van der Waals surface area contributed by atoms with Gasteiger partial charge in [0.15, 0.2) is 0 Å². The number of hydrogen-bond donors (Lipinski definition) is 1. The summed E-state index contributed by atoms with van der Waals surface area (Å²) < 4.78 is 13.2. The number of halogens is 2. The zero-order valence-corrected chi connectivity index (χ0v) is 11.5. The van der Waals surface area contributed by atoms with Gasteiger partial charge in [0.25, 0.3) is 0 Å². The van der Waals surface area contributed by atoms with E-state index in [1.54, 1.807) is 6.07 Å². The molecule has 3 heteroatoms. The average Bonchev–Trinajstić information content (AvgIpc) is 2.34. The predicted molar refractivity (Wildman–Crippen MR) is 72.2 cm³/mol. The first-order valence-electron chi connectivity index (χ1n) is 6.68. The van der Waals surface area contributed by atoms with Crippen molar-refractivity contribution in [1.29, 1.82) is 0 Å². The molecule has 0 bridgehead atoms. The Bertz CT molecular complexity index is 399. The number of hydrogen-bond acceptors (Lipinski definition) is 1. The zero-order valence-electron chi connectivity index (χ0n) is 10.7. The molecule has 0 amide bonds. The predicted octanol–water partition coefficient (Wildman–Crippen LogP) is 4.21. The number of aliphatic hydroxyl groups is 1. The number of rotatable bonds is 3. The summed E-state index contributed by atoms with van der Waals surface area (Å²) in [5.41, 5.74) is 0.711. The molecule has 2 rings (SSSR count). The van der Waals surface area contributed by atoms with Crippen LogP contribution in [0.25, 0.3) is 0 Å². The van der Waals surface area contributed by atoms with Crippen LogP contribution in [0.5, 0.6) is 0 Å². The summed E-state index contributed by atoms with van der Waals surface area (Å²) in [6.45, 7) is 2.26. The van der Waals surface area contributed by atoms with Crippen molar-refractivity contribution in [3.63, 3.8) is 0 Å². The van der Waals surface area contributed by atoms with Crippen LogP contribution in [0.3, 0.4) is 0 Å². The fourth-order valence-electron chi connectivity index (χ4n) is 2.76. The van der Waals surface area contributed by atoms with Crippen molar-refractivity contribution in [1.82, 2.24) is 0 Å². The van der Waals surface area contributed by atoms with Crippen molar-refractivity contribution >= 4 is 11.6 Å². The van der Waals surface area contributed by atoms with Gasteiger partial charge in [0.2, 0.25) is 0 Å². The summed E-state index contributed by atoms with van der Waals surface area (Å²) in [5, 5.41) is 10.8. The molecule has 1 atom stereocenters.